The molecule has 0 radical (unpaired) electrons. The fourth-order valence-corrected chi connectivity index (χ4v) is 4.24. The number of para-hydroxylation sites is 3. The molecule has 3 aromatic rings. The highest BCUT2D eigenvalue weighted by Gasteiger charge is 2.26. The van der Waals surface area contributed by atoms with Crippen molar-refractivity contribution in [1.82, 2.24) is 0 Å². The van der Waals surface area contributed by atoms with E-state index in [1.165, 1.54) is 5.56 Å². The summed E-state index contributed by atoms with van der Waals surface area (Å²) in [5.41, 5.74) is 3.98. The van der Waals surface area contributed by atoms with Crippen LogP contribution < -0.4 is 19.9 Å². The Kier molecular flexibility index (Phi) is 5.52. The van der Waals surface area contributed by atoms with E-state index < -0.39 is 0 Å². The summed E-state index contributed by atoms with van der Waals surface area (Å²) in [5.74, 6) is 0.202. The van der Waals surface area contributed by atoms with E-state index in [2.05, 4.69) is 5.32 Å². The Balaban J connectivity index is 1.19. The summed E-state index contributed by atoms with van der Waals surface area (Å²) < 4.78 is 5.43. The summed E-state index contributed by atoms with van der Waals surface area (Å²) in [7, 11) is 0. The molecule has 5 rings (SSSR count). The van der Waals surface area contributed by atoms with Crippen molar-refractivity contribution in [2.45, 2.75) is 12.8 Å². The number of rotatable bonds is 5. The van der Waals surface area contributed by atoms with Gasteiger partial charge < -0.3 is 19.9 Å². The molecular weight excluding hydrogens is 418 g/mol. The predicted octanol–water partition coefficient (Wildman–Crippen LogP) is 3.64. The van der Waals surface area contributed by atoms with Gasteiger partial charge in [0.15, 0.2) is 6.61 Å². The van der Waals surface area contributed by atoms with Gasteiger partial charge in [-0.2, -0.15) is 0 Å². The number of carbonyl (C=O) groups excluding carboxylic acids is 3. The van der Waals surface area contributed by atoms with Crippen LogP contribution in [-0.2, 0) is 16.0 Å². The van der Waals surface area contributed by atoms with E-state index in [0.29, 0.717) is 29.2 Å². The first-order chi connectivity index (χ1) is 16.1. The first-order valence-electron chi connectivity index (χ1n) is 10.9. The molecule has 7 nitrogen and oxygen atoms in total. The molecule has 0 aliphatic carbocycles. The SMILES string of the molecule is O=C(CCN1C(=O)COc2ccccc21)Nc1ccc(C(=O)N2CCc3ccccc32)cc1. The van der Waals surface area contributed by atoms with E-state index in [-0.39, 0.29) is 37.3 Å². The number of benzene rings is 3. The van der Waals surface area contributed by atoms with Crippen LogP contribution in [0.1, 0.15) is 22.3 Å². The topological polar surface area (TPSA) is 79.0 Å². The average molecular weight is 441 g/mol. The number of hydrogen-bond donors (Lipinski definition) is 1. The van der Waals surface area contributed by atoms with Crippen LogP contribution >= 0.6 is 0 Å². The molecule has 0 saturated carbocycles. The van der Waals surface area contributed by atoms with E-state index in [1.807, 2.05) is 36.4 Å². The minimum atomic E-state index is -0.209. The molecule has 0 unspecified atom stereocenters. The van der Waals surface area contributed by atoms with Gasteiger partial charge in [-0.15, -0.1) is 0 Å². The molecule has 2 aliphatic heterocycles. The summed E-state index contributed by atoms with van der Waals surface area (Å²) in [6.45, 7) is 0.894. The zero-order valence-electron chi connectivity index (χ0n) is 18.0. The largest absolute Gasteiger partial charge is 0.482 e. The number of nitrogens with zero attached hydrogens (tertiary/aromatic N) is 2. The molecule has 0 atom stereocenters. The van der Waals surface area contributed by atoms with Gasteiger partial charge in [0, 0.05) is 36.4 Å². The summed E-state index contributed by atoms with van der Waals surface area (Å²) in [4.78, 5) is 41.0. The Bertz CT molecular complexity index is 1220. The summed E-state index contributed by atoms with van der Waals surface area (Å²) in [6, 6.07) is 22.1. The molecule has 3 aromatic carbocycles. The second-order valence-electron chi connectivity index (χ2n) is 8.01. The minimum Gasteiger partial charge on any atom is -0.482 e. The van der Waals surface area contributed by atoms with Crippen LogP contribution in [0.25, 0.3) is 0 Å². The van der Waals surface area contributed by atoms with Gasteiger partial charge in [0.25, 0.3) is 11.8 Å². The van der Waals surface area contributed by atoms with Gasteiger partial charge in [-0.1, -0.05) is 30.3 Å². The quantitative estimate of drug-likeness (QED) is 0.656. The lowest BCUT2D eigenvalue weighted by Crippen LogP contribution is -2.40. The Morgan fingerprint density at radius 3 is 2.45 bits per heavy atom. The highest BCUT2D eigenvalue weighted by molar-refractivity contribution is 6.07. The number of nitrogens with one attached hydrogen (secondary N) is 1. The number of amides is 3. The molecule has 2 aliphatic rings. The fraction of sp³-hybridized carbons (Fsp3) is 0.192. The van der Waals surface area contributed by atoms with Gasteiger partial charge in [0.2, 0.25) is 5.91 Å². The Morgan fingerprint density at radius 2 is 1.64 bits per heavy atom. The van der Waals surface area contributed by atoms with Gasteiger partial charge in [0.05, 0.1) is 5.69 Å². The number of ether oxygens (including phenoxy) is 1. The second kappa shape index (κ2) is 8.78. The first kappa shape index (κ1) is 20.8. The van der Waals surface area contributed by atoms with Crippen LogP contribution in [0.2, 0.25) is 0 Å². The van der Waals surface area contributed by atoms with Crippen molar-refractivity contribution in [3.63, 3.8) is 0 Å². The smallest absolute Gasteiger partial charge is 0.265 e. The van der Waals surface area contributed by atoms with Gasteiger partial charge in [-0.25, -0.2) is 0 Å². The third-order valence-electron chi connectivity index (χ3n) is 5.92. The lowest BCUT2D eigenvalue weighted by atomic mass is 10.1. The standard InChI is InChI=1S/C26H23N3O4/c30-24(14-16-28-22-7-3-4-8-23(22)33-17-25(28)31)27-20-11-9-19(10-12-20)26(32)29-15-13-18-5-1-2-6-21(18)29/h1-12H,13-17H2,(H,27,30). The first-order valence-corrected chi connectivity index (χ1v) is 10.9. The molecule has 0 aromatic heterocycles. The van der Waals surface area contributed by atoms with Crippen LogP contribution in [0.15, 0.2) is 72.8 Å². The average Bonchev–Trinajstić information content (AvgIpc) is 3.28. The Morgan fingerprint density at radius 1 is 0.909 bits per heavy atom. The van der Waals surface area contributed by atoms with Crippen molar-refractivity contribution in [2.75, 3.05) is 34.8 Å². The number of anilines is 3. The van der Waals surface area contributed by atoms with Gasteiger partial charge in [-0.05, 0) is 54.4 Å². The molecule has 2 heterocycles. The third-order valence-corrected chi connectivity index (χ3v) is 5.92. The van der Waals surface area contributed by atoms with Crippen LogP contribution in [-0.4, -0.2) is 37.4 Å². The number of hydrogen-bond acceptors (Lipinski definition) is 4. The van der Waals surface area contributed by atoms with E-state index in [1.54, 1.807) is 46.2 Å². The fourth-order valence-electron chi connectivity index (χ4n) is 4.24. The molecule has 33 heavy (non-hydrogen) atoms. The molecule has 0 spiro atoms. The number of fused-ring (bicyclic) bond motifs is 2. The Labute approximate surface area is 191 Å². The molecule has 166 valence electrons. The minimum absolute atomic E-state index is 0.0321. The predicted molar refractivity (Wildman–Crippen MR) is 126 cm³/mol. The van der Waals surface area contributed by atoms with Crippen molar-refractivity contribution in [1.29, 1.82) is 0 Å². The van der Waals surface area contributed by atoms with Crippen LogP contribution in [0.5, 0.6) is 5.75 Å². The highest BCUT2D eigenvalue weighted by Crippen LogP contribution is 2.32. The molecule has 3 amide bonds. The summed E-state index contributed by atoms with van der Waals surface area (Å²) in [5, 5.41) is 2.84. The second-order valence-corrected chi connectivity index (χ2v) is 8.01. The van der Waals surface area contributed by atoms with E-state index >= 15 is 0 Å². The summed E-state index contributed by atoms with van der Waals surface area (Å²) >= 11 is 0. The van der Waals surface area contributed by atoms with Crippen molar-refractivity contribution in [3.8, 4) is 5.75 Å². The molecule has 1 N–H and O–H groups in total. The maximum Gasteiger partial charge on any atom is 0.265 e. The molecular formula is C26H23N3O4. The summed E-state index contributed by atoms with van der Waals surface area (Å²) in [6.07, 6.45) is 0.998. The number of carbonyl (C=O) groups is 3. The van der Waals surface area contributed by atoms with Crippen molar-refractivity contribution < 1.29 is 19.1 Å². The monoisotopic (exact) mass is 441 g/mol. The third kappa shape index (κ3) is 4.17. The van der Waals surface area contributed by atoms with E-state index in [4.69, 9.17) is 4.74 Å². The van der Waals surface area contributed by atoms with E-state index in [0.717, 1.165) is 12.1 Å². The highest BCUT2D eigenvalue weighted by atomic mass is 16.5. The molecule has 0 saturated heterocycles. The zero-order chi connectivity index (χ0) is 22.8. The van der Waals surface area contributed by atoms with Crippen molar-refractivity contribution in [3.05, 3.63) is 83.9 Å². The van der Waals surface area contributed by atoms with Crippen LogP contribution in [0.3, 0.4) is 0 Å². The van der Waals surface area contributed by atoms with Crippen molar-refractivity contribution in [2.24, 2.45) is 0 Å². The van der Waals surface area contributed by atoms with Gasteiger partial charge in [0.1, 0.15) is 5.75 Å². The van der Waals surface area contributed by atoms with Crippen LogP contribution in [0, 0.1) is 0 Å². The maximum atomic E-state index is 12.9. The molecule has 0 bridgehead atoms. The van der Waals surface area contributed by atoms with Crippen LogP contribution in [0.4, 0.5) is 17.1 Å². The molecule has 0 fully saturated rings. The van der Waals surface area contributed by atoms with Gasteiger partial charge >= 0.3 is 0 Å². The maximum absolute atomic E-state index is 12.9. The zero-order valence-corrected chi connectivity index (χ0v) is 18.0. The van der Waals surface area contributed by atoms with Gasteiger partial charge in [-0.3, -0.25) is 14.4 Å². The molecule has 7 heteroatoms. The van der Waals surface area contributed by atoms with Crippen molar-refractivity contribution >= 4 is 34.8 Å². The Hall–Kier alpha value is -4.13. The van der Waals surface area contributed by atoms with E-state index in [9.17, 15) is 14.4 Å². The lowest BCUT2D eigenvalue weighted by molar-refractivity contribution is -0.121. The lowest BCUT2D eigenvalue weighted by Gasteiger charge is -2.29. The normalized spacial score (nSPS) is 14.4.